The highest BCUT2D eigenvalue weighted by atomic mass is 35.5. The average molecular weight is 557 g/mol. The van der Waals surface area contributed by atoms with Crippen LogP contribution in [0.4, 0.5) is 22.2 Å². The molecule has 4 unspecified atom stereocenters. The van der Waals surface area contributed by atoms with Crippen LogP contribution in [0.5, 0.6) is 5.75 Å². The zero-order valence-corrected chi connectivity index (χ0v) is 23.7. The van der Waals surface area contributed by atoms with Crippen LogP contribution in [0.2, 0.25) is 5.02 Å². The SMILES string of the molecule is COCCN1CCc2cc(Nc3ncc(Cl)c(NC4C5C=CC(C5)C4OC(=O)N(C)C)n3)c(OC)cc2CC1. The number of amides is 1. The number of nitrogens with zero attached hydrogens (tertiary/aromatic N) is 4. The first-order chi connectivity index (χ1) is 18.9. The summed E-state index contributed by atoms with van der Waals surface area (Å²) in [6.07, 6.45) is 8.04. The lowest BCUT2D eigenvalue weighted by molar-refractivity contribution is 0.0573. The fourth-order valence-corrected chi connectivity index (χ4v) is 5.81. The van der Waals surface area contributed by atoms with E-state index in [1.807, 2.05) is 0 Å². The van der Waals surface area contributed by atoms with Gasteiger partial charge in [-0.3, -0.25) is 0 Å². The maximum Gasteiger partial charge on any atom is 0.409 e. The number of benzene rings is 1. The molecule has 1 aromatic carbocycles. The molecule has 0 saturated heterocycles. The first-order valence-electron chi connectivity index (χ1n) is 13.4. The smallest absolute Gasteiger partial charge is 0.409 e. The van der Waals surface area contributed by atoms with Gasteiger partial charge in [-0.2, -0.15) is 4.98 Å². The fourth-order valence-electron chi connectivity index (χ4n) is 5.67. The van der Waals surface area contributed by atoms with E-state index in [-0.39, 0.29) is 30.1 Å². The zero-order chi connectivity index (χ0) is 27.5. The van der Waals surface area contributed by atoms with Gasteiger partial charge in [-0.15, -0.1) is 0 Å². The molecule has 1 saturated carbocycles. The highest BCUT2D eigenvalue weighted by molar-refractivity contribution is 6.32. The minimum absolute atomic E-state index is 0.132. The molecule has 1 aromatic heterocycles. The van der Waals surface area contributed by atoms with E-state index >= 15 is 0 Å². The van der Waals surface area contributed by atoms with Gasteiger partial charge in [-0.1, -0.05) is 23.8 Å². The molecule has 2 N–H and O–H groups in total. The number of hydrogen-bond donors (Lipinski definition) is 2. The molecule has 1 fully saturated rings. The van der Waals surface area contributed by atoms with Gasteiger partial charge in [0.15, 0.2) is 5.82 Å². The van der Waals surface area contributed by atoms with E-state index in [0.717, 1.165) is 56.9 Å². The number of nitrogens with one attached hydrogen (secondary N) is 2. The van der Waals surface area contributed by atoms with Crippen molar-refractivity contribution in [2.45, 2.75) is 31.4 Å². The maximum absolute atomic E-state index is 12.3. The zero-order valence-electron chi connectivity index (χ0n) is 22.9. The van der Waals surface area contributed by atoms with Crippen LogP contribution in [0.25, 0.3) is 0 Å². The van der Waals surface area contributed by atoms with Crippen LogP contribution in [-0.4, -0.2) is 92.6 Å². The lowest BCUT2D eigenvalue weighted by Gasteiger charge is -2.30. The third-order valence-electron chi connectivity index (χ3n) is 7.81. The molecule has 10 nitrogen and oxygen atoms in total. The maximum atomic E-state index is 12.3. The number of hydrogen-bond acceptors (Lipinski definition) is 9. The standard InChI is InChI=1S/C28H37ClN6O4/c1-34(2)28(36)39-25-20-6-5-19(13-20)24(25)32-26-21(29)16-30-27(33-26)31-22-14-17-7-9-35(11-12-37-3)10-8-18(17)15-23(22)38-4/h5-6,14-16,19-20,24-25H,7-13H2,1-4H3,(H2,30,31,32,33). The molecule has 2 heterocycles. The van der Waals surface area contributed by atoms with Crippen LogP contribution < -0.4 is 15.4 Å². The van der Waals surface area contributed by atoms with Crippen LogP contribution >= 0.6 is 11.6 Å². The third kappa shape index (κ3) is 6.08. The molecular formula is C28H37ClN6O4. The summed E-state index contributed by atoms with van der Waals surface area (Å²) in [7, 11) is 6.77. The summed E-state index contributed by atoms with van der Waals surface area (Å²) in [4.78, 5) is 25.3. The summed E-state index contributed by atoms with van der Waals surface area (Å²) in [6.45, 7) is 3.62. The lowest BCUT2D eigenvalue weighted by atomic mass is 9.98. The van der Waals surface area contributed by atoms with Crippen molar-refractivity contribution in [1.29, 1.82) is 0 Å². The Morgan fingerprint density at radius 2 is 1.90 bits per heavy atom. The summed E-state index contributed by atoms with van der Waals surface area (Å²) < 4.78 is 16.8. The number of fused-ring (bicyclic) bond motifs is 3. The Hall–Kier alpha value is -3.08. The van der Waals surface area contributed by atoms with Crippen molar-refractivity contribution in [1.82, 2.24) is 19.8 Å². The van der Waals surface area contributed by atoms with Crippen molar-refractivity contribution in [3.8, 4) is 5.75 Å². The van der Waals surface area contributed by atoms with Crippen LogP contribution in [0.3, 0.4) is 0 Å². The molecule has 2 aliphatic carbocycles. The minimum Gasteiger partial charge on any atom is -0.495 e. The van der Waals surface area contributed by atoms with Gasteiger partial charge in [0.05, 0.1) is 31.6 Å². The molecule has 11 heteroatoms. The van der Waals surface area contributed by atoms with E-state index in [4.69, 9.17) is 30.8 Å². The second-order valence-electron chi connectivity index (χ2n) is 10.5. The molecule has 39 heavy (non-hydrogen) atoms. The molecule has 5 rings (SSSR count). The first kappa shape index (κ1) is 27.5. The molecule has 0 spiro atoms. The summed E-state index contributed by atoms with van der Waals surface area (Å²) >= 11 is 6.52. The van der Waals surface area contributed by atoms with Gasteiger partial charge in [-0.25, -0.2) is 9.78 Å². The van der Waals surface area contributed by atoms with Gasteiger partial charge in [0.25, 0.3) is 0 Å². The Balaban J connectivity index is 1.33. The van der Waals surface area contributed by atoms with Gasteiger partial charge in [0, 0.05) is 52.7 Å². The molecule has 1 aliphatic heterocycles. The Morgan fingerprint density at radius 1 is 1.15 bits per heavy atom. The highest BCUT2D eigenvalue weighted by Gasteiger charge is 2.47. The van der Waals surface area contributed by atoms with Crippen LogP contribution in [0.1, 0.15) is 17.5 Å². The van der Waals surface area contributed by atoms with Crippen molar-refractivity contribution in [2.24, 2.45) is 11.8 Å². The Bertz CT molecular complexity index is 1220. The predicted octanol–water partition coefficient (Wildman–Crippen LogP) is 3.98. The van der Waals surface area contributed by atoms with Crippen LogP contribution in [-0.2, 0) is 22.3 Å². The summed E-state index contributed by atoms with van der Waals surface area (Å²) in [5, 5.41) is 7.19. The molecular weight excluding hydrogens is 520 g/mol. The summed E-state index contributed by atoms with van der Waals surface area (Å²) in [5.41, 5.74) is 3.37. The van der Waals surface area contributed by atoms with E-state index in [2.05, 4.69) is 44.8 Å². The van der Waals surface area contributed by atoms with Crippen LogP contribution in [0.15, 0.2) is 30.5 Å². The van der Waals surface area contributed by atoms with Gasteiger partial charge in [0.2, 0.25) is 5.95 Å². The average Bonchev–Trinajstić information content (AvgIpc) is 3.46. The first-order valence-corrected chi connectivity index (χ1v) is 13.8. The van der Waals surface area contributed by atoms with E-state index < -0.39 is 0 Å². The Morgan fingerprint density at radius 3 is 2.62 bits per heavy atom. The lowest BCUT2D eigenvalue weighted by Crippen LogP contribution is -2.42. The van der Waals surface area contributed by atoms with E-state index in [9.17, 15) is 4.79 Å². The number of anilines is 3. The number of halogens is 1. The number of rotatable bonds is 9. The van der Waals surface area contributed by atoms with E-state index in [0.29, 0.717) is 16.8 Å². The molecule has 210 valence electrons. The summed E-state index contributed by atoms with van der Waals surface area (Å²) in [6, 6.07) is 4.11. The quantitative estimate of drug-likeness (QED) is 0.444. The molecule has 3 aliphatic rings. The van der Waals surface area contributed by atoms with Crippen molar-refractivity contribution in [2.75, 3.05) is 65.2 Å². The van der Waals surface area contributed by atoms with Gasteiger partial charge >= 0.3 is 6.09 Å². The van der Waals surface area contributed by atoms with Gasteiger partial charge in [0.1, 0.15) is 16.9 Å². The topological polar surface area (TPSA) is 101 Å². The molecule has 2 aromatic rings. The largest absolute Gasteiger partial charge is 0.495 e. The van der Waals surface area contributed by atoms with Crippen molar-refractivity contribution < 1.29 is 19.0 Å². The normalized spacial score (nSPS) is 23.7. The molecule has 0 radical (unpaired) electrons. The second kappa shape index (κ2) is 12.0. The molecule has 4 atom stereocenters. The Labute approximate surface area is 234 Å². The summed E-state index contributed by atoms with van der Waals surface area (Å²) in [5.74, 6) is 2.03. The van der Waals surface area contributed by atoms with Crippen molar-refractivity contribution >= 4 is 35.1 Å². The molecule has 2 bridgehead atoms. The van der Waals surface area contributed by atoms with Crippen molar-refractivity contribution in [3.63, 3.8) is 0 Å². The number of methoxy groups -OCH3 is 2. The molecule has 1 amide bonds. The third-order valence-corrected chi connectivity index (χ3v) is 8.09. The fraction of sp³-hybridized carbons (Fsp3) is 0.536. The van der Waals surface area contributed by atoms with E-state index in [1.54, 1.807) is 34.5 Å². The van der Waals surface area contributed by atoms with Crippen LogP contribution in [0, 0.1) is 11.8 Å². The number of ether oxygens (including phenoxy) is 3. The predicted molar refractivity (Wildman–Crippen MR) is 151 cm³/mol. The number of carbonyl (C=O) groups excluding carboxylic acids is 1. The highest BCUT2D eigenvalue weighted by Crippen LogP contribution is 2.43. The number of carbonyl (C=O) groups is 1. The van der Waals surface area contributed by atoms with Gasteiger partial charge in [-0.05, 0) is 42.5 Å². The minimum atomic E-state index is -0.360. The Kier molecular flexibility index (Phi) is 8.44. The van der Waals surface area contributed by atoms with Gasteiger partial charge < -0.3 is 34.6 Å². The van der Waals surface area contributed by atoms with Crippen molar-refractivity contribution in [3.05, 3.63) is 46.6 Å². The number of aromatic nitrogens is 2. The monoisotopic (exact) mass is 556 g/mol. The second-order valence-corrected chi connectivity index (χ2v) is 10.9. The van der Waals surface area contributed by atoms with E-state index in [1.165, 1.54) is 16.0 Å².